The zero-order chi connectivity index (χ0) is 20.4. The van der Waals surface area contributed by atoms with Crippen LogP contribution in [0.25, 0.3) is 16.7 Å². The van der Waals surface area contributed by atoms with Crippen LogP contribution in [0.1, 0.15) is 17.3 Å². The van der Waals surface area contributed by atoms with Gasteiger partial charge in [0.1, 0.15) is 18.3 Å². The highest BCUT2D eigenvalue weighted by molar-refractivity contribution is 5.97. The van der Waals surface area contributed by atoms with E-state index in [1.54, 1.807) is 28.9 Å². The molecule has 0 saturated carbocycles. The molecule has 0 aliphatic heterocycles. The third-order valence-electron chi connectivity index (χ3n) is 4.42. The number of amides is 1. The zero-order valence-corrected chi connectivity index (χ0v) is 15.6. The Morgan fingerprint density at radius 3 is 2.62 bits per heavy atom. The summed E-state index contributed by atoms with van der Waals surface area (Å²) in [5.74, 6) is -0.494. The molecular weight excluding hydrogens is 370 g/mol. The Hall–Kier alpha value is -4.07. The molecule has 8 heteroatoms. The average molecular weight is 387 g/mol. The fourth-order valence-corrected chi connectivity index (χ4v) is 2.99. The Balaban J connectivity index is 1.58. The number of nitrogens with one attached hydrogen (secondary N) is 1. The fourth-order valence-electron chi connectivity index (χ4n) is 2.99. The molecule has 2 aromatic carbocycles. The second kappa shape index (κ2) is 7.51. The van der Waals surface area contributed by atoms with Gasteiger partial charge < -0.3 is 5.32 Å². The van der Waals surface area contributed by atoms with Gasteiger partial charge in [-0.1, -0.05) is 30.3 Å². The highest BCUT2D eigenvalue weighted by Gasteiger charge is 2.13. The van der Waals surface area contributed by atoms with Crippen LogP contribution in [-0.4, -0.2) is 31.0 Å². The van der Waals surface area contributed by atoms with Crippen molar-refractivity contribution < 1.29 is 9.59 Å². The first kappa shape index (κ1) is 18.3. The summed E-state index contributed by atoms with van der Waals surface area (Å²) in [6, 6.07) is 16.0. The van der Waals surface area contributed by atoms with Crippen molar-refractivity contribution in [2.75, 3.05) is 5.32 Å². The van der Waals surface area contributed by atoms with E-state index in [9.17, 15) is 14.4 Å². The average Bonchev–Trinajstić information content (AvgIpc) is 3.16. The van der Waals surface area contributed by atoms with Crippen molar-refractivity contribution in [3.63, 3.8) is 0 Å². The van der Waals surface area contributed by atoms with E-state index < -0.39 is 5.91 Å². The van der Waals surface area contributed by atoms with Gasteiger partial charge in [0.15, 0.2) is 11.4 Å². The number of hydrogen-bond donors (Lipinski definition) is 1. The summed E-state index contributed by atoms with van der Waals surface area (Å²) in [4.78, 5) is 40.9. The Labute approximate surface area is 165 Å². The molecule has 2 aromatic heterocycles. The molecule has 8 nitrogen and oxygen atoms in total. The lowest BCUT2D eigenvalue weighted by molar-refractivity contribution is -0.116. The third-order valence-corrected chi connectivity index (χ3v) is 4.42. The fraction of sp³-hybridized carbons (Fsp3) is 0.0952. The topological polar surface area (TPSA) is 98.9 Å². The van der Waals surface area contributed by atoms with Gasteiger partial charge in [0.2, 0.25) is 5.91 Å². The maximum Gasteiger partial charge on any atom is 0.264 e. The standard InChI is InChI=1S/C21H17N5O3/c1-14(27)15-6-5-7-16(10-15)24-19(28)12-25-13-22-20-18(21(25)29)11-23-26(20)17-8-3-2-4-9-17/h2-11,13H,12H2,1H3,(H,24,28). The molecule has 0 unspecified atom stereocenters. The maximum absolute atomic E-state index is 12.7. The van der Waals surface area contributed by atoms with Crippen LogP contribution in [0.15, 0.2) is 71.9 Å². The van der Waals surface area contributed by atoms with Crippen molar-refractivity contribution in [2.45, 2.75) is 13.5 Å². The Morgan fingerprint density at radius 2 is 1.86 bits per heavy atom. The van der Waals surface area contributed by atoms with Gasteiger partial charge in [0, 0.05) is 11.3 Å². The van der Waals surface area contributed by atoms with Gasteiger partial charge in [-0.05, 0) is 31.2 Å². The number of para-hydroxylation sites is 1. The first-order valence-corrected chi connectivity index (χ1v) is 8.92. The lowest BCUT2D eigenvalue weighted by Crippen LogP contribution is -2.27. The number of aromatic nitrogens is 4. The number of carbonyl (C=O) groups excluding carboxylic acids is 2. The minimum Gasteiger partial charge on any atom is -0.325 e. The molecule has 0 aliphatic rings. The van der Waals surface area contributed by atoms with Crippen molar-refractivity contribution in [1.82, 2.24) is 19.3 Å². The molecule has 0 spiro atoms. The molecule has 0 fully saturated rings. The lowest BCUT2D eigenvalue weighted by Gasteiger charge is -2.08. The number of hydrogen-bond acceptors (Lipinski definition) is 5. The number of benzene rings is 2. The van der Waals surface area contributed by atoms with Crippen LogP contribution >= 0.6 is 0 Å². The number of Topliss-reactive ketones (excluding diaryl/α,β-unsaturated/α-hetero) is 1. The Kier molecular flexibility index (Phi) is 4.74. The normalized spacial score (nSPS) is 10.8. The van der Waals surface area contributed by atoms with E-state index in [2.05, 4.69) is 15.4 Å². The van der Waals surface area contributed by atoms with Gasteiger partial charge in [-0.3, -0.25) is 19.0 Å². The molecule has 0 bridgehead atoms. The number of anilines is 1. The molecule has 0 atom stereocenters. The number of rotatable bonds is 5. The van der Waals surface area contributed by atoms with E-state index in [1.165, 1.54) is 24.0 Å². The third kappa shape index (κ3) is 3.68. The zero-order valence-electron chi connectivity index (χ0n) is 15.6. The van der Waals surface area contributed by atoms with Gasteiger partial charge in [-0.2, -0.15) is 5.10 Å². The molecule has 0 aliphatic carbocycles. The van der Waals surface area contributed by atoms with Gasteiger partial charge in [-0.25, -0.2) is 9.67 Å². The molecular formula is C21H17N5O3. The van der Waals surface area contributed by atoms with Crippen LogP contribution in [0.5, 0.6) is 0 Å². The van der Waals surface area contributed by atoms with Crippen molar-refractivity contribution in [3.8, 4) is 5.69 Å². The van der Waals surface area contributed by atoms with Gasteiger partial charge in [0.25, 0.3) is 5.56 Å². The first-order chi connectivity index (χ1) is 14.0. The van der Waals surface area contributed by atoms with Crippen LogP contribution in [0, 0.1) is 0 Å². The quantitative estimate of drug-likeness (QED) is 0.530. The predicted molar refractivity (Wildman–Crippen MR) is 108 cm³/mol. The Bertz CT molecular complexity index is 1270. The van der Waals surface area contributed by atoms with E-state index in [0.29, 0.717) is 22.3 Å². The summed E-state index contributed by atoms with van der Waals surface area (Å²) in [6.07, 6.45) is 2.78. The molecule has 144 valence electrons. The Morgan fingerprint density at radius 1 is 1.07 bits per heavy atom. The van der Waals surface area contributed by atoms with E-state index in [-0.39, 0.29) is 17.9 Å². The smallest absolute Gasteiger partial charge is 0.264 e. The number of fused-ring (bicyclic) bond motifs is 1. The largest absolute Gasteiger partial charge is 0.325 e. The highest BCUT2D eigenvalue weighted by Crippen LogP contribution is 2.14. The van der Waals surface area contributed by atoms with Gasteiger partial charge in [-0.15, -0.1) is 0 Å². The second-order valence-corrected chi connectivity index (χ2v) is 6.49. The summed E-state index contributed by atoms with van der Waals surface area (Å²) in [5, 5.41) is 7.26. The molecule has 0 radical (unpaired) electrons. The summed E-state index contributed by atoms with van der Waals surface area (Å²) < 4.78 is 2.80. The lowest BCUT2D eigenvalue weighted by atomic mass is 10.1. The van der Waals surface area contributed by atoms with Crippen LogP contribution in [0.4, 0.5) is 5.69 Å². The molecule has 29 heavy (non-hydrogen) atoms. The highest BCUT2D eigenvalue weighted by atomic mass is 16.2. The molecule has 1 amide bonds. The maximum atomic E-state index is 12.7. The van der Waals surface area contributed by atoms with Gasteiger partial charge >= 0.3 is 0 Å². The SMILES string of the molecule is CC(=O)c1cccc(NC(=O)Cn2cnc3c(cnn3-c3ccccc3)c2=O)c1. The second-order valence-electron chi connectivity index (χ2n) is 6.49. The monoisotopic (exact) mass is 387 g/mol. The van der Waals surface area contributed by atoms with Crippen molar-refractivity contribution in [1.29, 1.82) is 0 Å². The van der Waals surface area contributed by atoms with Gasteiger partial charge in [0.05, 0.1) is 11.9 Å². The van der Waals surface area contributed by atoms with E-state index in [4.69, 9.17) is 0 Å². The van der Waals surface area contributed by atoms with Crippen molar-refractivity contribution in [3.05, 3.63) is 83.0 Å². The minimum atomic E-state index is -0.399. The van der Waals surface area contributed by atoms with Crippen LogP contribution < -0.4 is 10.9 Å². The molecule has 4 aromatic rings. The predicted octanol–water partition coefficient (Wildman–Crippen LogP) is 2.42. The van der Waals surface area contributed by atoms with Crippen molar-refractivity contribution >= 4 is 28.4 Å². The first-order valence-electron chi connectivity index (χ1n) is 8.92. The van der Waals surface area contributed by atoms with Crippen LogP contribution in [-0.2, 0) is 11.3 Å². The van der Waals surface area contributed by atoms with E-state index in [1.807, 2.05) is 30.3 Å². The van der Waals surface area contributed by atoms with Crippen LogP contribution in [0.2, 0.25) is 0 Å². The molecule has 1 N–H and O–H groups in total. The molecule has 4 rings (SSSR count). The van der Waals surface area contributed by atoms with E-state index in [0.717, 1.165) is 5.69 Å². The number of carbonyl (C=O) groups is 2. The molecule has 2 heterocycles. The minimum absolute atomic E-state index is 0.0950. The number of ketones is 1. The van der Waals surface area contributed by atoms with Crippen LogP contribution in [0.3, 0.4) is 0 Å². The summed E-state index contributed by atoms with van der Waals surface area (Å²) in [6.45, 7) is 1.25. The van der Waals surface area contributed by atoms with E-state index >= 15 is 0 Å². The van der Waals surface area contributed by atoms with Crippen molar-refractivity contribution in [2.24, 2.45) is 0 Å². The summed E-state index contributed by atoms with van der Waals surface area (Å²) >= 11 is 0. The number of nitrogens with zero attached hydrogens (tertiary/aromatic N) is 4. The molecule has 0 saturated heterocycles. The summed E-state index contributed by atoms with van der Waals surface area (Å²) in [7, 11) is 0. The summed E-state index contributed by atoms with van der Waals surface area (Å²) in [5.41, 5.74) is 1.84.